The lowest BCUT2D eigenvalue weighted by molar-refractivity contribution is 0.00578. The minimum atomic E-state index is -0.349. The third-order valence-electron chi connectivity index (χ3n) is 4.83. The molecule has 0 radical (unpaired) electrons. The Kier molecular flexibility index (Phi) is 4.41. The molecule has 0 amide bonds. The zero-order valence-corrected chi connectivity index (χ0v) is 15.0. The second kappa shape index (κ2) is 6.23. The van der Waals surface area contributed by atoms with E-state index in [1.165, 1.54) is 0 Å². The molecule has 1 aliphatic heterocycles. The SMILES string of the molecule is Cc1cc(B2OC(C)(C)C(C)(C)O2)ccc1OCc1ccccn1. The largest absolute Gasteiger partial charge is 0.494 e. The topological polar surface area (TPSA) is 40.6 Å². The first-order chi connectivity index (χ1) is 11.3. The predicted octanol–water partition coefficient (Wildman–Crippen LogP) is 3.27. The van der Waals surface area contributed by atoms with Gasteiger partial charge in [-0.1, -0.05) is 18.2 Å². The summed E-state index contributed by atoms with van der Waals surface area (Å²) in [5, 5.41) is 0. The van der Waals surface area contributed by atoms with Crippen LogP contribution in [0.3, 0.4) is 0 Å². The van der Waals surface area contributed by atoms with Crippen LogP contribution in [0.15, 0.2) is 42.6 Å². The number of hydrogen-bond acceptors (Lipinski definition) is 4. The Morgan fingerprint density at radius 2 is 1.75 bits per heavy atom. The van der Waals surface area contributed by atoms with E-state index < -0.39 is 0 Å². The maximum atomic E-state index is 6.10. The van der Waals surface area contributed by atoms with Crippen molar-refractivity contribution >= 4 is 12.6 Å². The van der Waals surface area contributed by atoms with Gasteiger partial charge < -0.3 is 14.0 Å². The van der Waals surface area contributed by atoms with Crippen molar-refractivity contribution in [2.45, 2.75) is 52.4 Å². The predicted molar refractivity (Wildman–Crippen MR) is 95.5 cm³/mol. The number of aromatic nitrogens is 1. The third-order valence-corrected chi connectivity index (χ3v) is 4.83. The van der Waals surface area contributed by atoms with Crippen molar-refractivity contribution in [1.29, 1.82) is 0 Å². The van der Waals surface area contributed by atoms with Crippen LogP contribution in [0.4, 0.5) is 0 Å². The normalized spacial score (nSPS) is 18.6. The Morgan fingerprint density at radius 1 is 1.04 bits per heavy atom. The molecule has 0 bridgehead atoms. The zero-order chi connectivity index (χ0) is 17.4. The molecule has 24 heavy (non-hydrogen) atoms. The van der Waals surface area contributed by atoms with Crippen LogP contribution in [-0.2, 0) is 15.9 Å². The minimum Gasteiger partial charge on any atom is -0.487 e. The van der Waals surface area contributed by atoms with Gasteiger partial charge in [0.25, 0.3) is 0 Å². The van der Waals surface area contributed by atoms with Crippen molar-refractivity contribution in [3.05, 3.63) is 53.9 Å². The average Bonchev–Trinajstić information content (AvgIpc) is 2.75. The average molecular weight is 325 g/mol. The van der Waals surface area contributed by atoms with E-state index in [4.69, 9.17) is 14.0 Å². The fraction of sp³-hybridized carbons (Fsp3) is 0.421. The molecule has 4 nitrogen and oxygen atoms in total. The zero-order valence-electron chi connectivity index (χ0n) is 15.0. The van der Waals surface area contributed by atoms with Crippen molar-refractivity contribution in [2.75, 3.05) is 0 Å². The van der Waals surface area contributed by atoms with Crippen LogP contribution in [0.25, 0.3) is 0 Å². The summed E-state index contributed by atoms with van der Waals surface area (Å²) in [6.07, 6.45) is 1.77. The van der Waals surface area contributed by atoms with Gasteiger partial charge in [0.05, 0.1) is 16.9 Å². The van der Waals surface area contributed by atoms with Crippen LogP contribution in [0, 0.1) is 6.92 Å². The summed E-state index contributed by atoms with van der Waals surface area (Å²) in [7, 11) is -0.349. The van der Waals surface area contributed by atoms with Crippen molar-refractivity contribution in [2.24, 2.45) is 0 Å². The molecule has 1 aromatic heterocycles. The van der Waals surface area contributed by atoms with Crippen molar-refractivity contribution < 1.29 is 14.0 Å². The first-order valence-corrected chi connectivity index (χ1v) is 8.27. The highest BCUT2D eigenvalue weighted by atomic mass is 16.7. The molecular weight excluding hydrogens is 301 g/mol. The summed E-state index contributed by atoms with van der Waals surface area (Å²) in [5.41, 5.74) is 2.31. The molecule has 1 fully saturated rings. The van der Waals surface area contributed by atoms with E-state index in [-0.39, 0.29) is 18.3 Å². The first kappa shape index (κ1) is 17.0. The van der Waals surface area contributed by atoms with E-state index in [0.717, 1.165) is 22.5 Å². The molecule has 0 N–H and O–H groups in total. The van der Waals surface area contributed by atoms with E-state index in [0.29, 0.717) is 6.61 Å². The molecule has 0 atom stereocenters. The number of rotatable bonds is 4. The van der Waals surface area contributed by atoms with Gasteiger partial charge in [-0.15, -0.1) is 0 Å². The van der Waals surface area contributed by atoms with Crippen LogP contribution in [-0.4, -0.2) is 23.3 Å². The molecule has 0 aliphatic carbocycles. The summed E-state index contributed by atoms with van der Waals surface area (Å²) in [6.45, 7) is 10.7. The molecule has 126 valence electrons. The molecule has 3 rings (SSSR count). The summed E-state index contributed by atoms with van der Waals surface area (Å²) >= 11 is 0. The van der Waals surface area contributed by atoms with Gasteiger partial charge in [0.2, 0.25) is 0 Å². The fourth-order valence-electron chi connectivity index (χ4n) is 2.60. The van der Waals surface area contributed by atoms with Crippen LogP contribution < -0.4 is 10.2 Å². The van der Waals surface area contributed by atoms with Gasteiger partial charge in [-0.25, -0.2) is 0 Å². The van der Waals surface area contributed by atoms with E-state index in [9.17, 15) is 0 Å². The lowest BCUT2D eigenvalue weighted by Gasteiger charge is -2.32. The maximum absolute atomic E-state index is 6.10. The smallest absolute Gasteiger partial charge is 0.487 e. The molecule has 5 heteroatoms. The number of aryl methyl sites for hydroxylation is 1. The van der Waals surface area contributed by atoms with E-state index >= 15 is 0 Å². The van der Waals surface area contributed by atoms with Crippen molar-refractivity contribution in [3.8, 4) is 5.75 Å². The Bertz CT molecular complexity index is 700. The highest BCUT2D eigenvalue weighted by Gasteiger charge is 2.51. The highest BCUT2D eigenvalue weighted by Crippen LogP contribution is 2.36. The van der Waals surface area contributed by atoms with Crippen LogP contribution in [0.1, 0.15) is 39.0 Å². The van der Waals surface area contributed by atoms with Gasteiger partial charge >= 0.3 is 7.12 Å². The van der Waals surface area contributed by atoms with Crippen molar-refractivity contribution in [3.63, 3.8) is 0 Å². The molecule has 0 spiro atoms. The molecule has 2 heterocycles. The molecular formula is C19H24BNO3. The minimum absolute atomic E-state index is 0.334. The van der Waals surface area contributed by atoms with Gasteiger partial charge in [0, 0.05) is 6.20 Å². The summed E-state index contributed by atoms with van der Waals surface area (Å²) in [6, 6.07) is 11.8. The Hall–Kier alpha value is -1.85. The lowest BCUT2D eigenvalue weighted by Crippen LogP contribution is -2.41. The molecule has 0 saturated carbocycles. The van der Waals surface area contributed by atoms with Crippen molar-refractivity contribution in [1.82, 2.24) is 4.98 Å². The molecule has 1 aromatic carbocycles. The number of hydrogen-bond donors (Lipinski definition) is 0. The number of ether oxygens (including phenoxy) is 1. The van der Waals surface area contributed by atoms with Gasteiger partial charge in [0.1, 0.15) is 12.4 Å². The second-order valence-corrected chi connectivity index (χ2v) is 7.22. The Morgan fingerprint density at radius 3 is 2.33 bits per heavy atom. The summed E-state index contributed by atoms with van der Waals surface area (Å²) in [4.78, 5) is 4.27. The number of benzene rings is 1. The summed E-state index contributed by atoms with van der Waals surface area (Å²) in [5.74, 6) is 0.848. The second-order valence-electron chi connectivity index (χ2n) is 7.22. The third kappa shape index (κ3) is 3.33. The molecule has 0 unspecified atom stereocenters. The standard InChI is InChI=1S/C19H24BNO3/c1-14-12-15(20-23-18(2,3)19(4,5)24-20)9-10-17(14)22-13-16-8-6-7-11-21-16/h6-12H,13H2,1-5H3. The van der Waals surface area contributed by atoms with Crippen LogP contribution in [0.2, 0.25) is 0 Å². The van der Waals surface area contributed by atoms with E-state index in [1.54, 1.807) is 6.20 Å². The van der Waals surface area contributed by atoms with Gasteiger partial charge in [0.15, 0.2) is 0 Å². The highest BCUT2D eigenvalue weighted by molar-refractivity contribution is 6.62. The van der Waals surface area contributed by atoms with Crippen LogP contribution in [0.5, 0.6) is 5.75 Å². The Labute approximate surface area is 144 Å². The lowest BCUT2D eigenvalue weighted by atomic mass is 9.78. The molecule has 1 aliphatic rings. The maximum Gasteiger partial charge on any atom is 0.494 e. The number of pyridine rings is 1. The van der Waals surface area contributed by atoms with Gasteiger partial charge in [-0.3, -0.25) is 4.98 Å². The van der Waals surface area contributed by atoms with E-state index in [1.807, 2.05) is 37.3 Å². The molecule has 1 saturated heterocycles. The van der Waals surface area contributed by atoms with Crippen LogP contribution >= 0.6 is 0 Å². The van der Waals surface area contributed by atoms with E-state index in [2.05, 4.69) is 38.7 Å². The quantitative estimate of drug-likeness (QED) is 0.809. The summed E-state index contributed by atoms with van der Waals surface area (Å²) < 4.78 is 18.1. The first-order valence-electron chi connectivity index (χ1n) is 8.27. The van der Waals surface area contributed by atoms with Gasteiger partial charge in [-0.2, -0.15) is 0 Å². The monoisotopic (exact) mass is 325 g/mol. The fourth-order valence-corrected chi connectivity index (χ4v) is 2.60. The Balaban J connectivity index is 1.71. The number of nitrogens with zero attached hydrogens (tertiary/aromatic N) is 1. The van der Waals surface area contributed by atoms with Gasteiger partial charge in [-0.05, 0) is 63.8 Å². The molecule has 2 aromatic rings.